The van der Waals surface area contributed by atoms with E-state index >= 15 is 0 Å². The molecule has 7 nitrogen and oxygen atoms in total. The molecule has 0 saturated carbocycles. The molecule has 1 heterocycles. The minimum absolute atomic E-state index is 0.214. The fourth-order valence-corrected chi connectivity index (χ4v) is 4.34. The van der Waals surface area contributed by atoms with Gasteiger partial charge in [-0.3, -0.25) is 14.7 Å². The van der Waals surface area contributed by atoms with E-state index in [1.54, 1.807) is 18.3 Å². The zero-order chi connectivity index (χ0) is 24.6. The van der Waals surface area contributed by atoms with Crippen molar-refractivity contribution in [1.82, 2.24) is 9.91 Å². The van der Waals surface area contributed by atoms with Crippen LogP contribution in [0, 0.1) is 0 Å². The summed E-state index contributed by atoms with van der Waals surface area (Å²) in [6, 6.07) is 25.1. The summed E-state index contributed by atoms with van der Waals surface area (Å²) in [7, 11) is 3.05. The van der Waals surface area contributed by atoms with Crippen molar-refractivity contribution in [2.45, 2.75) is 13.0 Å². The second kappa shape index (κ2) is 11.5. The fraction of sp³-hybridized carbons (Fsp3) is 0.286. The first kappa shape index (κ1) is 24.3. The number of nitrogens with zero attached hydrogens (tertiary/aromatic N) is 3. The molecule has 0 radical (unpaired) electrons. The summed E-state index contributed by atoms with van der Waals surface area (Å²) in [4.78, 5) is 14.0. The van der Waals surface area contributed by atoms with Crippen LogP contribution in [0.15, 0.2) is 77.9 Å². The summed E-state index contributed by atoms with van der Waals surface area (Å²) >= 11 is 0. The number of hydrazone groups is 1. The molecule has 3 aromatic carbocycles. The summed E-state index contributed by atoms with van der Waals surface area (Å²) in [5, 5.41) is 6.77. The summed E-state index contributed by atoms with van der Waals surface area (Å²) in [5.41, 5.74) is 3.38. The third-order valence-electron chi connectivity index (χ3n) is 5.99. The Balaban J connectivity index is 1.47. The number of carbonyl (C=O) groups is 1. The van der Waals surface area contributed by atoms with E-state index in [1.807, 2.05) is 0 Å². The number of esters is 1. The first-order valence-electron chi connectivity index (χ1n) is 11.7. The van der Waals surface area contributed by atoms with Gasteiger partial charge in [-0.05, 0) is 23.3 Å². The third kappa shape index (κ3) is 6.00. The average molecular weight is 474 g/mol. The Labute approximate surface area is 206 Å². The highest BCUT2D eigenvalue weighted by Gasteiger charge is 2.26. The minimum Gasteiger partial charge on any atom is -0.493 e. The number of piperazine rings is 1. The maximum atomic E-state index is 11.5. The molecule has 0 unspecified atom stereocenters. The summed E-state index contributed by atoms with van der Waals surface area (Å²) in [6.45, 7) is 4.75. The smallest absolute Gasteiger partial charge is 0.308 e. The Morgan fingerprint density at radius 3 is 1.83 bits per heavy atom. The Morgan fingerprint density at radius 1 is 0.857 bits per heavy atom. The van der Waals surface area contributed by atoms with Crippen LogP contribution in [0.1, 0.15) is 29.7 Å². The van der Waals surface area contributed by atoms with E-state index in [1.165, 1.54) is 32.3 Å². The van der Waals surface area contributed by atoms with Gasteiger partial charge in [0.05, 0.1) is 26.5 Å². The standard InChI is InChI=1S/C28H31N3O4/c1-21(32)35-28-25(33-2)18-22(19-26(28)34-3)20-29-31-16-14-30(15-17-31)27(23-10-6-4-7-11-23)24-12-8-5-9-13-24/h4-13,18-20,27H,14-17H2,1-3H3. The van der Waals surface area contributed by atoms with Crippen molar-refractivity contribution in [2.75, 3.05) is 40.4 Å². The second-order valence-corrected chi connectivity index (χ2v) is 8.31. The van der Waals surface area contributed by atoms with E-state index in [0.717, 1.165) is 31.7 Å². The molecule has 1 aliphatic rings. The number of hydrogen-bond acceptors (Lipinski definition) is 7. The molecule has 7 heteroatoms. The number of benzene rings is 3. The maximum Gasteiger partial charge on any atom is 0.308 e. The zero-order valence-corrected chi connectivity index (χ0v) is 20.4. The number of ether oxygens (including phenoxy) is 3. The Morgan fingerprint density at radius 2 is 1.37 bits per heavy atom. The lowest BCUT2D eigenvalue weighted by molar-refractivity contribution is -0.132. The van der Waals surface area contributed by atoms with Crippen LogP contribution in [0.25, 0.3) is 0 Å². The monoisotopic (exact) mass is 473 g/mol. The van der Waals surface area contributed by atoms with Crippen LogP contribution < -0.4 is 14.2 Å². The Hall–Kier alpha value is -3.84. The van der Waals surface area contributed by atoms with Gasteiger partial charge in [0.1, 0.15) is 0 Å². The van der Waals surface area contributed by atoms with Crippen molar-refractivity contribution in [3.05, 3.63) is 89.5 Å². The van der Waals surface area contributed by atoms with Gasteiger partial charge in [0.15, 0.2) is 11.5 Å². The van der Waals surface area contributed by atoms with E-state index < -0.39 is 5.97 Å². The lowest BCUT2D eigenvalue weighted by Gasteiger charge is -2.38. The molecule has 0 aliphatic carbocycles. The zero-order valence-electron chi connectivity index (χ0n) is 20.4. The van der Waals surface area contributed by atoms with Gasteiger partial charge in [0.2, 0.25) is 5.75 Å². The molecule has 35 heavy (non-hydrogen) atoms. The third-order valence-corrected chi connectivity index (χ3v) is 5.99. The molecule has 4 rings (SSSR count). The number of carbonyl (C=O) groups excluding carboxylic acids is 1. The van der Waals surface area contributed by atoms with Gasteiger partial charge in [-0.15, -0.1) is 0 Å². The molecule has 1 fully saturated rings. The van der Waals surface area contributed by atoms with E-state index in [2.05, 4.69) is 70.6 Å². The van der Waals surface area contributed by atoms with E-state index in [9.17, 15) is 4.79 Å². The molecule has 0 spiro atoms. The van der Waals surface area contributed by atoms with E-state index in [-0.39, 0.29) is 11.8 Å². The van der Waals surface area contributed by atoms with Crippen LogP contribution >= 0.6 is 0 Å². The van der Waals surface area contributed by atoms with Crippen LogP contribution in [0.5, 0.6) is 17.2 Å². The average Bonchev–Trinajstić information content (AvgIpc) is 2.89. The van der Waals surface area contributed by atoms with Crippen molar-refractivity contribution in [3.63, 3.8) is 0 Å². The number of rotatable bonds is 8. The number of hydrogen-bond donors (Lipinski definition) is 0. The van der Waals surface area contributed by atoms with Crippen LogP contribution in [0.2, 0.25) is 0 Å². The minimum atomic E-state index is -0.440. The van der Waals surface area contributed by atoms with Gasteiger partial charge in [-0.1, -0.05) is 60.7 Å². The molecule has 182 valence electrons. The molecule has 1 aliphatic heterocycles. The molecule has 0 bridgehead atoms. The van der Waals surface area contributed by atoms with Crippen molar-refractivity contribution in [1.29, 1.82) is 0 Å². The highest BCUT2D eigenvalue weighted by molar-refractivity contribution is 5.83. The lowest BCUT2D eigenvalue weighted by Crippen LogP contribution is -2.45. The van der Waals surface area contributed by atoms with Gasteiger partial charge in [0, 0.05) is 38.7 Å². The van der Waals surface area contributed by atoms with Crippen LogP contribution in [-0.4, -0.2) is 62.5 Å². The van der Waals surface area contributed by atoms with Gasteiger partial charge in [-0.2, -0.15) is 5.10 Å². The molecule has 0 N–H and O–H groups in total. The van der Waals surface area contributed by atoms with Gasteiger partial charge >= 0.3 is 5.97 Å². The molecular formula is C28H31N3O4. The van der Waals surface area contributed by atoms with Crippen molar-refractivity contribution < 1.29 is 19.0 Å². The molecule has 0 aromatic heterocycles. The summed E-state index contributed by atoms with van der Waals surface area (Å²) in [6.07, 6.45) is 1.78. The first-order valence-corrected chi connectivity index (χ1v) is 11.7. The van der Waals surface area contributed by atoms with Crippen molar-refractivity contribution in [2.24, 2.45) is 5.10 Å². The molecular weight excluding hydrogens is 442 g/mol. The van der Waals surface area contributed by atoms with E-state index in [0.29, 0.717) is 11.5 Å². The second-order valence-electron chi connectivity index (χ2n) is 8.31. The Bertz CT molecular complexity index is 1080. The van der Waals surface area contributed by atoms with Gasteiger partial charge in [-0.25, -0.2) is 0 Å². The molecule has 0 atom stereocenters. The highest BCUT2D eigenvalue weighted by Crippen LogP contribution is 2.38. The SMILES string of the molecule is COc1cc(C=NN2CCN(C(c3ccccc3)c3ccccc3)CC2)cc(OC)c1OC(C)=O. The lowest BCUT2D eigenvalue weighted by atomic mass is 9.96. The maximum absolute atomic E-state index is 11.5. The predicted octanol–water partition coefficient (Wildman–Crippen LogP) is 4.37. The van der Waals surface area contributed by atoms with Gasteiger partial charge in [0.25, 0.3) is 0 Å². The number of methoxy groups -OCH3 is 2. The molecule has 3 aromatic rings. The van der Waals surface area contributed by atoms with E-state index in [4.69, 9.17) is 19.3 Å². The first-order chi connectivity index (χ1) is 17.1. The van der Waals surface area contributed by atoms with Crippen LogP contribution in [0.4, 0.5) is 0 Å². The highest BCUT2D eigenvalue weighted by atomic mass is 16.6. The van der Waals surface area contributed by atoms with Crippen LogP contribution in [-0.2, 0) is 4.79 Å². The normalized spacial score (nSPS) is 14.3. The van der Waals surface area contributed by atoms with Gasteiger partial charge < -0.3 is 14.2 Å². The summed E-state index contributed by atoms with van der Waals surface area (Å²) in [5.74, 6) is 0.657. The predicted molar refractivity (Wildman–Crippen MR) is 136 cm³/mol. The largest absolute Gasteiger partial charge is 0.493 e. The fourth-order valence-electron chi connectivity index (χ4n) is 4.34. The van der Waals surface area contributed by atoms with Crippen molar-refractivity contribution >= 4 is 12.2 Å². The molecule has 0 amide bonds. The van der Waals surface area contributed by atoms with Crippen LogP contribution in [0.3, 0.4) is 0 Å². The summed E-state index contributed by atoms with van der Waals surface area (Å²) < 4.78 is 16.1. The Kier molecular flexibility index (Phi) is 8.00. The topological polar surface area (TPSA) is 63.6 Å². The van der Waals surface area contributed by atoms with Crippen molar-refractivity contribution in [3.8, 4) is 17.2 Å². The molecule has 1 saturated heterocycles. The quantitative estimate of drug-likeness (QED) is 0.275.